The SMILES string of the molecule is C=CCCN(c1nc(=O)n(-c2c(CC)cccc2CC)c2nc(N3CCOC(C4CC4)C3)c(Cl)cc12)C(C)CNC. The lowest BCUT2D eigenvalue weighted by Gasteiger charge is -2.35. The lowest BCUT2D eigenvalue weighted by molar-refractivity contribution is 0.0261. The molecule has 1 aliphatic carbocycles. The van der Waals surface area contributed by atoms with E-state index in [1.807, 2.05) is 19.2 Å². The Morgan fingerprint density at radius 3 is 2.61 bits per heavy atom. The van der Waals surface area contributed by atoms with Crippen molar-refractivity contribution in [3.63, 3.8) is 0 Å². The number of ether oxygens (including phenoxy) is 1. The van der Waals surface area contributed by atoms with Gasteiger partial charge < -0.3 is 19.9 Å². The molecule has 1 saturated carbocycles. The number of anilines is 2. The summed E-state index contributed by atoms with van der Waals surface area (Å²) in [6.45, 7) is 13.8. The summed E-state index contributed by atoms with van der Waals surface area (Å²) in [5, 5.41) is 4.60. The third-order valence-electron chi connectivity index (χ3n) is 8.39. The zero-order valence-corrected chi connectivity index (χ0v) is 25.6. The van der Waals surface area contributed by atoms with Gasteiger partial charge in [0.25, 0.3) is 0 Å². The van der Waals surface area contributed by atoms with Crippen LogP contribution in [0.25, 0.3) is 16.7 Å². The molecular weight excluding hydrogens is 536 g/mol. The molecule has 2 aromatic heterocycles. The zero-order chi connectivity index (χ0) is 29.1. The number of hydrogen-bond acceptors (Lipinski definition) is 7. The van der Waals surface area contributed by atoms with Crippen molar-refractivity contribution in [2.45, 2.75) is 65.0 Å². The average molecular weight is 579 g/mol. The van der Waals surface area contributed by atoms with Gasteiger partial charge in [-0.05, 0) is 69.2 Å². The van der Waals surface area contributed by atoms with Crippen LogP contribution >= 0.6 is 11.6 Å². The molecule has 0 radical (unpaired) electrons. The topological polar surface area (TPSA) is 75.5 Å². The molecule has 5 rings (SSSR count). The predicted octanol–water partition coefficient (Wildman–Crippen LogP) is 5.16. The van der Waals surface area contributed by atoms with Gasteiger partial charge in [-0.15, -0.1) is 6.58 Å². The van der Waals surface area contributed by atoms with E-state index in [4.69, 9.17) is 26.3 Å². The van der Waals surface area contributed by atoms with E-state index in [9.17, 15) is 4.79 Å². The number of hydrogen-bond donors (Lipinski definition) is 1. The number of likely N-dealkylation sites (N-methyl/N-ethyl adjacent to an activating group) is 1. The minimum absolute atomic E-state index is 0.0806. The highest BCUT2D eigenvalue weighted by Crippen LogP contribution is 2.39. The highest BCUT2D eigenvalue weighted by atomic mass is 35.5. The van der Waals surface area contributed by atoms with E-state index in [2.05, 4.69) is 60.7 Å². The fourth-order valence-corrected chi connectivity index (χ4v) is 6.30. The second-order valence-electron chi connectivity index (χ2n) is 11.2. The van der Waals surface area contributed by atoms with Gasteiger partial charge in [-0.2, -0.15) is 4.98 Å². The number of pyridine rings is 1. The van der Waals surface area contributed by atoms with E-state index in [1.165, 1.54) is 12.8 Å². The number of morpholine rings is 1. The highest BCUT2D eigenvalue weighted by molar-refractivity contribution is 6.33. The number of halogens is 1. The number of aryl methyl sites for hydroxylation is 2. The van der Waals surface area contributed by atoms with Crippen LogP contribution in [-0.2, 0) is 17.6 Å². The average Bonchev–Trinajstić information content (AvgIpc) is 3.83. The van der Waals surface area contributed by atoms with E-state index >= 15 is 0 Å². The van der Waals surface area contributed by atoms with Gasteiger partial charge in [0.15, 0.2) is 5.65 Å². The Labute approximate surface area is 248 Å². The first-order chi connectivity index (χ1) is 19.9. The Morgan fingerprint density at radius 2 is 1.98 bits per heavy atom. The van der Waals surface area contributed by atoms with Gasteiger partial charge in [0.05, 0.1) is 28.8 Å². The van der Waals surface area contributed by atoms with E-state index in [-0.39, 0.29) is 17.8 Å². The maximum Gasteiger partial charge on any atom is 0.355 e. The third kappa shape index (κ3) is 6.01. The summed E-state index contributed by atoms with van der Waals surface area (Å²) in [6.07, 6.45) is 6.85. The lowest BCUT2D eigenvalue weighted by atomic mass is 10.0. The zero-order valence-electron chi connectivity index (χ0n) is 24.8. The fourth-order valence-electron chi connectivity index (χ4n) is 6.03. The van der Waals surface area contributed by atoms with Crippen molar-refractivity contribution in [2.75, 3.05) is 49.6 Å². The standard InChI is InChI=1S/C32H43ClN6O2/c1-6-9-15-38(21(4)19-34-5)29-25-18-26(33)31(37-16-17-41-27(20-37)24-13-14-24)35-30(25)39(32(40)36-29)28-22(7-2)11-10-12-23(28)8-3/h6,10-12,18,21,24,27,34H,1,7-9,13-17,19-20H2,2-5H3. The smallest absolute Gasteiger partial charge is 0.355 e. The number of para-hydroxylation sites is 1. The quantitative estimate of drug-likeness (QED) is 0.297. The molecule has 41 heavy (non-hydrogen) atoms. The van der Waals surface area contributed by atoms with Gasteiger partial charge >= 0.3 is 5.69 Å². The summed E-state index contributed by atoms with van der Waals surface area (Å²) < 4.78 is 7.82. The first kappa shape index (κ1) is 29.5. The highest BCUT2D eigenvalue weighted by Gasteiger charge is 2.36. The van der Waals surface area contributed by atoms with Crippen molar-refractivity contribution in [2.24, 2.45) is 5.92 Å². The molecule has 220 valence electrons. The van der Waals surface area contributed by atoms with Gasteiger partial charge in [-0.25, -0.2) is 14.3 Å². The van der Waals surface area contributed by atoms with Crippen molar-refractivity contribution in [3.8, 4) is 5.69 Å². The summed E-state index contributed by atoms with van der Waals surface area (Å²) in [7, 11) is 1.93. The molecule has 3 heterocycles. The fraction of sp³-hybridized carbons (Fsp3) is 0.531. The monoisotopic (exact) mass is 578 g/mol. The number of nitrogens with zero attached hydrogens (tertiary/aromatic N) is 5. The molecule has 1 N–H and O–H groups in total. The van der Waals surface area contributed by atoms with Crippen LogP contribution in [0.15, 0.2) is 41.7 Å². The molecule has 8 nitrogen and oxygen atoms in total. The number of benzene rings is 1. The largest absolute Gasteiger partial charge is 0.374 e. The molecule has 2 atom stereocenters. The molecule has 1 saturated heterocycles. The normalized spacial score (nSPS) is 18.1. The Morgan fingerprint density at radius 1 is 1.24 bits per heavy atom. The summed E-state index contributed by atoms with van der Waals surface area (Å²) >= 11 is 7.05. The van der Waals surface area contributed by atoms with Gasteiger partial charge in [-0.1, -0.05) is 49.7 Å². The molecule has 2 aliphatic rings. The summed E-state index contributed by atoms with van der Waals surface area (Å²) in [6, 6.07) is 8.29. The first-order valence-corrected chi connectivity index (χ1v) is 15.4. The Kier molecular flexibility index (Phi) is 9.32. The second kappa shape index (κ2) is 12.9. The lowest BCUT2D eigenvalue weighted by Crippen LogP contribution is -2.44. The van der Waals surface area contributed by atoms with Crippen molar-refractivity contribution in [1.29, 1.82) is 0 Å². The van der Waals surface area contributed by atoms with Crippen molar-refractivity contribution in [1.82, 2.24) is 19.9 Å². The van der Waals surface area contributed by atoms with Crippen molar-refractivity contribution >= 4 is 34.3 Å². The van der Waals surface area contributed by atoms with E-state index in [0.29, 0.717) is 47.9 Å². The molecular formula is C32H43ClN6O2. The predicted molar refractivity (Wildman–Crippen MR) is 169 cm³/mol. The summed E-state index contributed by atoms with van der Waals surface area (Å²) in [5.41, 5.74) is 3.32. The van der Waals surface area contributed by atoms with Crippen LogP contribution in [-0.4, -0.2) is 66.5 Å². The first-order valence-electron chi connectivity index (χ1n) is 15.0. The number of fused-ring (bicyclic) bond motifs is 1. The molecule has 1 aromatic carbocycles. The molecule has 0 spiro atoms. The van der Waals surface area contributed by atoms with Crippen LogP contribution in [0.4, 0.5) is 11.6 Å². The van der Waals surface area contributed by atoms with Crippen molar-refractivity contribution in [3.05, 3.63) is 63.6 Å². The molecule has 3 aromatic rings. The van der Waals surface area contributed by atoms with Gasteiger partial charge in [0.1, 0.15) is 11.6 Å². The Hall–Kier alpha value is -2.94. The van der Waals surface area contributed by atoms with Gasteiger partial charge in [0.2, 0.25) is 0 Å². The molecule has 2 unspecified atom stereocenters. The molecule has 2 fully saturated rings. The van der Waals surface area contributed by atoms with E-state index in [1.54, 1.807) is 4.57 Å². The maximum atomic E-state index is 14.2. The van der Waals surface area contributed by atoms with Crippen LogP contribution in [0.2, 0.25) is 5.02 Å². The summed E-state index contributed by atoms with van der Waals surface area (Å²) in [4.78, 5) is 28.5. The van der Waals surface area contributed by atoms with Crippen molar-refractivity contribution < 1.29 is 4.74 Å². The van der Waals surface area contributed by atoms with Crippen LogP contribution in [0, 0.1) is 5.92 Å². The second-order valence-corrected chi connectivity index (χ2v) is 11.6. The number of nitrogens with one attached hydrogen (secondary N) is 1. The number of aromatic nitrogens is 3. The molecule has 0 amide bonds. The molecule has 0 bridgehead atoms. The third-order valence-corrected chi connectivity index (χ3v) is 8.67. The minimum atomic E-state index is -0.332. The number of rotatable bonds is 12. The van der Waals surface area contributed by atoms with Gasteiger partial charge in [-0.3, -0.25) is 0 Å². The van der Waals surface area contributed by atoms with Gasteiger partial charge in [0, 0.05) is 32.2 Å². The molecule has 1 aliphatic heterocycles. The van der Waals surface area contributed by atoms with E-state index < -0.39 is 0 Å². The van der Waals surface area contributed by atoms with E-state index in [0.717, 1.165) is 54.6 Å². The van der Waals surface area contributed by atoms with Crippen LogP contribution in [0.3, 0.4) is 0 Å². The summed E-state index contributed by atoms with van der Waals surface area (Å²) in [5.74, 6) is 1.92. The van der Waals surface area contributed by atoms with Crippen LogP contribution in [0.5, 0.6) is 0 Å². The minimum Gasteiger partial charge on any atom is -0.374 e. The molecule has 9 heteroatoms. The Bertz CT molecular complexity index is 1430. The van der Waals surface area contributed by atoms with Crippen LogP contribution in [0.1, 0.15) is 51.2 Å². The maximum absolute atomic E-state index is 14.2. The Balaban J connectivity index is 1.77. The van der Waals surface area contributed by atoms with Crippen LogP contribution < -0.4 is 20.8 Å².